The first-order valence-electron chi connectivity index (χ1n) is 15.1. The van der Waals surface area contributed by atoms with Crippen LogP contribution in [0.1, 0.15) is 94.4 Å². The van der Waals surface area contributed by atoms with Crippen LogP contribution in [0.2, 0.25) is 18.1 Å². The summed E-state index contributed by atoms with van der Waals surface area (Å²) in [5, 5.41) is 1.34. The zero-order valence-electron chi connectivity index (χ0n) is 27.8. The van der Waals surface area contributed by atoms with Crippen molar-refractivity contribution in [2.45, 2.75) is 167 Å². The number of hydrogen-bond donors (Lipinski definition) is 0. The van der Waals surface area contributed by atoms with Gasteiger partial charge in [0.2, 0.25) is 0 Å². The minimum absolute atomic E-state index is 0.0313. The summed E-state index contributed by atoms with van der Waals surface area (Å²) < 4.78 is 44.1. The van der Waals surface area contributed by atoms with E-state index in [0.29, 0.717) is 25.9 Å². The van der Waals surface area contributed by atoms with E-state index in [1.54, 1.807) is 7.05 Å². The number of hydrogen-bond acceptors (Lipinski definition) is 9. The van der Waals surface area contributed by atoms with Gasteiger partial charge in [-0.3, -0.25) is 9.63 Å². The molecular formula is C30H57NO9Si. The van der Waals surface area contributed by atoms with Gasteiger partial charge in [0.15, 0.2) is 25.7 Å². The standard InChI is InChI=1S/C30H57NO9Si/c1-27(2,3)41(12,13)34-19-24-17-22(37-29(6,7)39-24)15-20-14-21(36-28(4,5)35-20)16-23-18-25(26(32)31(10)33-11)40-30(8,9)38-23/h20-25H,14-19H2,1-13H3/t20-,21-,22+,23+,24+,25+/m0/s1. The van der Waals surface area contributed by atoms with Crippen molar-refractivity contribution in [3.05, 3.63) is 0 Å². The van der Waals surface area contributed by atoms with Gasteiger partial charge >= 0.3 is 0 Å². The van der Waals surface area contributed by atoms with Crippen molar-refractivity contribution in [1.29, 1.82) is 0 Å². The molecule has 0 aromatic carbocycles. The molecule has 0 radical (unpaired) electrons. The fraction of sp³-hybridized carbons (Fsp3) is 0.967. The van der Waals surface area contributed by atoms with E-state index in [-0.39, 0.29) is 41.5 Å². The molecule has 0 aromatic rings. The lowest BCUT2D eigenvalue weighted by molar-refractivity contribution is -0.335. The summed E-state index contributed by atoms with van der Waals surface area (Å²) in [7, 11) is 1.15. The van der Waals surface area contributed by atoms with Gasteiger partial charge in [-0.05, 0) is 59.7 Å². The van der Waals surface area contributed by atoms with Gasteiger partial charge in [-0.2, -0.15) is 0 Å². The van der Waals surface area contributed by atoms with Gasteiger partial charge in [-0.1, -0.05) is 20.8 Å². The molecule has 3 fully saturated rings. The lowest BCUT2D eigenvalue weighted by atomic mass is 9.94. The van der Waals surface area contributed by atoms with E-state index < -0.39 is 31.8 Å². The molecule has 0 aromatic heterocycles. The van der Waals surface area contributed by atoms with E-state index in [1.165, 1.54) is 12.2 Å². The molecule has 240 valence electrons. The van der Waals surface area contributed by atoms with Crippen LogP contribution in [0.25, 0.3) is 0 Å². The van der Waals surface area contributed by atoms with Crippen LogP contribution in [-0.2, 0) is 42.5 Å². The molecule has 41 heavy (non-hydrogen) atoms. The molecule has 0 spiro atoms. The second-order valence-electron chi connectivity index (χ2n) is 14.8. The first-order valence-corrected chi connectivity index (χ1v) is 18.0. The minimum Gasteiger partial charge on any atom is -0.414 e. The summed E-state index contributed by atoms with van der Waals surface area (Å²) in [6.45, 7) is 23.4. The quantitative estimate of drug-likeness (QED) is 0.249. The van der Waals surface area contributed by atoms with Crippen LogP contribution in [0.15, 0.2) is 0 Å². The first kappa shape index (κ1) is 34.9. The number of ether oxygens (including phenoxy) is 6. The Morgan fingerprint density at radius 1 is 0.756 bits per heavy atom. The number of carbonyl (C=O) groups is 1. The van der Waals surface area contributed by atoms with E-state index in [0.717, 1.165) is 12.8 Å². The Labute approximate surface area is 249 Å². The summed E-state index contributed by atoms with van der Waals surface area (Å²) in [6, 6.07) is 0. The van der Waals surface area contributed by atoms with Crippen molar-refractivity contribution < 1.29 is 42.5 Å². The number of nitrogens with zero attached hydrogens (tertiary/aromatic N) is 1. The van der Waals surface area contributed by atoms with E-state index in [2.05, 4.69) is 33.9 Å². The Kier molecular flexibility index (Phi) is 10.9. The highest BCUT2D eigenvalue weighted by Crippen LogP contribution is 2.39. The number of rotatable bonds is 9. The maximum absolute atomic E-state index is 12.8. The van der Waals surface area contributed by atoms with Crippen molar-refractivity contribution in [2.75, 3.05) is 20.8 Å². The highest BCUT2D eigenvalue weighted by atomic mass is 28.4. The van der Waals surface area contributed by atoms with E-state index in [1.807, 2.05) is 41.5 Å². The van der Waals surface area contributed by atoms with Crippen LogP contribution in [0.5, 0.6) is 0 Å². The van der Waals surface area contributed by atoms with Crippen LogP contribution >= 0.6 is 0 Å². The molecule has 3 rings (SSSR count). The monoisotopic (exact) mass is 603 g/mol. The van der Waals surface area contributed by atoms with Crippen LogP contribution in [0.4, 0.5) is 0 Å². The first-order chi connectivity index (χ1) is 18.6. The topological polar surface area (TPSA) is 94.2 Å². The van der Waals surface area contributed by atoms with Crippen LogP contribution < -0.4 is 0 Å². The van der Waals surface area contributed by atoms with Crippen molar-refractivity contribution in [1.82, 2.24) is 5.06 Å². The largest absolute Gasteiger partial charge is 0.414 e. The number of amides is 1. The average Bonchev–Trinajstić information content (AvgIpc) is 2.78. The van der Waals surface area contributed by atoms with Gasteiger partial charge < -0.3 is 32.8 Å². The predicted molar refractivity (Wildman–Crippen MR) is 157 cm³/mol. The maximum Gasteiger partial charge on any atom is 0.275 e. The Morgan fingerprint density at radius 3 is 1.59 bits per heavy atom. The highest BCUT2D eigenvalue weighted by Gasteiger charge is 2.45. The van der Waals surface area contributed by atoms with E-state index >= 15 is 0 Å². The van der Waals surface area contributed by atoms with Gasteiger partial charge in [-0.15, -0.1) is 0 Å². The van der Waals surface area contributed by atoms with E-state index in [4.69, 9.17) is 37.7 Å². The van der Waals surface area contributed by atoms with Crippen molar-refractivity contribution in [3.8, 4) is 0 Å². The third-order valence-electron chi connectivity index (χ3n) is 8.55. The number of hydroxylamine groups is 2. The summed E-state index contributed by atoms with van der Waals surface area (Å²) in [5.41, 5.74) is 0. The third-order valence-corrected chi connectivity index (χ3v) is 13.1. The molecule has 3 aliphatic heterocycles. The van der Waals surface area contributed by atoms with E-state index in [9.17, 15) is 4.79 Å². The Hall–Kier alpha value is -0.633. The number of carbonyl (C=O) groups excluding carboxylic acids is 1. The molecule has 3 heterocycles. The lowest BCUT2D eigenvalue weighted by Crippen LogP contribution is -2.53. The zero-order valence-corrected chi connectivity index (χ0v) is 28.8. The molecule has 11 heteroatoms. The van der Waals surface area contributed by atoms with Crippen molar-refractivity contribution in [2.24, 2.45) is 0 Å². The van der Waals surface area contributed by atoms with Crippen molar-refractivity contribution >= 4 is 14.2 Å². The van der Waals surface area contributed by atoms with Gasteiger partial charge in [0.1, 0.15) is 6.10 Å². The molecule has 0 saturated carbocycles. The lowest BCUT2D eigenvalue weighted by Gasteiger charge is -2.47. The smallest absolute Gasteiger partial charge is 0.275 e. The van der Waals surface area contributed by atoms with Crippen LogP contribution in [-0.4, -0.2) is 94.0 Å². The molecule has 0 bridgehead atoms. The Morgan fingerprint density at radius 2 is 1.15 bits per heavy atom. The molecule has 0 N–H and O–H groups in total. The van der Waals surface area contributed by atoms with Gasteiger partial charge in [0.05, 0.1) is 44.2 Å². The molecule has 0 unspecified atom stereocenters. The van der Waals surface area contributed by atoms with Crippen LogP contribution in [0.3, 0.4) is 0 Å². The molecule has 3 saturated heterocycles. The van der Waals surface area contributed by atoms with Gasteiger partial charge in [0, 0.05) is 39.2 Å². The van der Waals surface area contributed by atoms with Crippen LogP contribution in [0, 0.1) is 0 Å². The molecule has 3 aliphatic rings. The second kappa shape index (κ2) is 12.8. The highest BCUT2D eigenvalue weighted by molar-refractivity contribution is 6.74. The predicted octanol–water partition coefficient (Wildman–Crippen LogP) is 5.54. The summed E-state index contributed by atoms with van der Waals surface area (Å²) in [4.78, 5) is 17.9. The Bertz CT molecular complexity index is 888. The summed E-state index contributed by atoms with van der Waals surface area (Å²) in [5.74, 6) is -2.60. The summed E-state index contributed by atoms with van der Waals surface area (Å²) >= 11 is 0. The van der Waals surface area contributed by atoms with Crippen molar-refractivity contribution in [3.63, 3.8) is 0 Å². The molecule has 6 atom stereocenters. The molecule has 10 nitrogen and oxygen atoms in total. The molecular weight excluding hydrogens is 546 g/mol. The average molecular weight is 604 g/mol. The third kappa shape index (κ3) is 9.94. The minimum atomic E-state index is -1.89. The number of likely N-dealkylation sites (N-methyl/N-ethyl adjacent to an activating group) is 1. The fourth-order valence-electron chi connectivity index (χ4n) is 5.77. The molecule has 0 aliphatic carbocycles. The molecule has 1 amide bonds. The van der Waals surface area contributed by atoms with Gasteiger partial charge in [0.25, 0.3) is 5.91 Å². The second-order valence-corrected chi connectivity index (χ2v) is 19.6. The zero-order chi connectivity index (χ0) is 31.0. The fourth-order valence-corrected chi connectivity index (χ4v) is 6.81. The normalized spacial score (nSPS) is 33.8. The van der Waals surface area contributed by atoms with Gasteiger partial charge in [-0.25, -0.2) is 5.06 Å². The SMILES string of the molecule is CON(C)C(=O)[C@H]1C[C@@H](C[C@@H]2C[C@@H](C[C@@H]3C[C@H](CO[Si](C)(C)C(C)(C)C)OC(C)(C)O3)OC(C)(C)O2)OC(C)(C)O1. The summed E-state index contributed by atoms with van der Waals surface area (Å²) in [6.07, 6.45) is 2.12. The Balaban J connectivity index is 1.64. The maximum atomic E-state index is 12.8.